The van der Waals surface area contributed by atoms with E-state index in [0.717, 1.165) is 0 Å². The van der Waals surface area contributed by atoms with Crippen LogP contribution in [0.25, 0.3) is 0 Å². The lowest BCUT2D eigenvalue weighted by atomic mass is 9.96. The third kappa shape index (κ3) is 1.62. The number of aromatic nitrogens is 2. The van der Waals surface area contributed by atoms with Crippen LogP contribution in [0.4, 0.5) is 0 Å². The van der Waals surface area contributed by atoms with E-state index in [-0.39, 0.29) is 6.04 Å². The molecule has 0 spiro atoms. The molecule has 0 aliphatic carbocycles. The summed E-state index contributed by atoms with van der Waals surface area (Å²) in [6.07, 6.45) is 0.892. The highest BCUT2D eigenvalue weighted by molar-refractivity contribution is 5.12. The Labute approximate surface area is 109 Å². The van der Waals surface area contributed by atoms with Crippen molar-refractivity contribution in [1.29, 1.82) is 0 Å². The number of nitrogens with one attached hydrogen (secondary N) is 2. The Morgan fingerprint density at radius 2 is 2.32 bits per heavy atom. The van der Waals surface area contributed by atoms with Crippen molar-refractivity contribution in [3.63, 3.8) is 0 Å². The standard InChI is InChI=1S/C12H17N3O4/c1-3-12-5-13-7(8(12)16)10(19-12)15-4-6(2)9(17)14-11(15)18/h4,7-8,10,13,16H,3,5H2,1-2H3,(H,14,17,18)/t7-,8+,10?,12+/m1/s1. The van der Waals surface area contributed by atoms with Crippen LogP contribution in [0.1, 0.15) is 25.1 Å². The van der Waals surface area contributed by atoms with Gasteiger partial charge in [-0.2, -0.15) is 0 Å². The van der Waals surface area contributed by atoms with E-state index >= 15 is 0 Å². The largest absolute Gasteiger partial charge is 0.388 e. The molecule has 0 aromatic carbocycles. The van der Waals surface area contributed by atoms with E-state index in [4.69, 9.17) is 4.74 Å². The van der Waals surface area contributed by atoms with Crippen molar-refractivity contribution in [3.05, 3.63) is 32.6 Å². The van der Waals surface area contributed by atoms with Crippen LogP contribution in [0.5, 0.6) is 0 Å². The SMILES string of the molecule is CC[C@@]12CN[C@@H](C(n3cc(C)c(=O)[nH]c3=O)O1)[C@@H]2O. The first-order valence-electron chi connectivity index (χ1n) is 6.40. The van der Waals surface area contributed by atoms with Crippen LogP contribution < -0.4 is 16.6 Å². The third-order valence-electron chi connectivity index (χ3n) is 4.20. The third-order valence-corrected chi connectivity index (χ3v) is 4.20. The van der Waals surface area contributed by atoms with Gasteiger partial charge in [0.15, 0.2) is 6.23 Å². The molecule has 1 unspecified atom stereocenters. The number of aromatic amines is 1. The average Bonchev–Trinajstić information content (AvgIpc) is 2.85. The van der Waals surface area contributed by atoms with Crippen LogP contribution in [-0.4, -0.2) is 38.9 Å². The molecule has 0 saturated carbocycles. The highest BCUT2D eigenvalue weighted by atomic mass is 16.6. The first-order chi connectivity index (χ1) is 8.98. The minimum Gasteiger partial charge on any atom is -0.388 e. The van der Waals surface area contributed by atoms with Crippen molar-refractivity contribution in [3.8, 4) is 0 Å². The van der Waals surface area contributed by atoms with Crippen LogP contribution in [0, 0.1) is 6.92 Å². The van der Waals surface area contributed by atoms with E-state index in [1.807, 2.05) is 6.92 Å². The molecule has 2 aliphatic rings. The van der Waals surface area contributed by atoms with E-state index in [2.05, 4.69) is 10.3 Å². The summed E-state index contributed by atoms with van der Waals surface area (Å²) in [4.78, 5) is 25.5. The van der Waals surface area contributed by atoms with Crippen molar-refractivity contribution >= 4 is 0 Å². The molecule has 2 bridgehead atoms. The van der Waals surface area contributed by atoms with Crippen LogP contribution in [0.2, 0.25) is 0 Å². The van der Waals surface area contributed by atoms with Gasteiger partial charge >= 0.3 is 5.69 Å². The van der Waals surface area contributed by atoms with Gasteiger partial charge in [0.05, 0.1) is 6.04 Å². The number of H-pyrrole nitrogens is 1. The second-order valence-electron chi connectivity index (χ2n) is 5.26. The Balaban J connectivity index is 2.04. The first-order valence-corrected chi connectivity index (χ1v) is 6.40. The smallest absolute Gasteiger partial charge is 0.330 e. The zero-order valence-electron chi connectivity index (χ0n) is 10.8. The maximum Gasteiger partial charge on any atom is 0.330 e. The minimum absolute atomic E-state index is 0.331. The predicted octanol–water partition coefficient (Wildman–Crippen LogP) is -1.14. The van der Waals surface area contributed by atoms with Crippen molar-refractivity contribution < 1.29 is 9.84 Å². The van der Waals surface area contributed by atoms with E-state index in [1.54, 1.807) is 6.92 Å². The second kappa shape index (κ2) is 4.03. The predicted molar refractivity (Wildman–Crippen MR) is 67.0 cm³/mol. The molecule has 4 atom stereocenters. The van der Waals surface area contributed by atoms with E-state index in [1.165, 1.54) is 10.8 Å². The summed E-state index contributed by atoms with van der Waals surface area (Å²) in [5.41, 5.74) is -1.12. The fourth-order valence-electron chi connectivity index (χ4n) is 2.94. The van der Waals surface area contributed by atoms with Gasteiger partial charge in [0.25, 0.3) is 5.56 Å². The molecule has 3 heterocycles. The Morgan fingerprint density at radius 1 is 1.58 bits per heavy atom. The zero-order valence-corrected chi connectivity index (χ0v) is 10.8. The van der Waals surface area contributed by atoms with Crippen molar-refractivity contribution in [1.82, 2.24) is 14.9 Å². The fourth-order valence-corrected chi connectivity index (χ4v) is 2.94. The summed E-state index contributed by atoms with van der Waals surface area (Å²) in [5.74, 6) is 0. The van der Waals surface area contributed by atoms with Crippen LogP contribution >= 0.6 is 0 Å². The molecule has 7 nitrogen and oxygen atoms in total. The molecule has 19 heavy (non-hydrogen) atoms. The number of aliphatic hydroxyl groups is 1. The number of nitrogens with zero attached hydrogens (tertiary/aromatic N) is 1. The number of hydrogen-bond acceptors (Lipinski definition) is 5. The number of rotatable bonds is 2. The molecule has 0 radical (unpaired) electrons. The number of fused-ring (bicyclic) bond motifs is 2. The molecular formula is C12H17N3O4. The molecule has 3 N–H and O–H groups in total. The zero-order chi connectivity index (χ0) is 13.8. The lowest BCUT2D eigenvalue weighted by Gasteiger charge is -2.31. The van der Waals surface area contributed by atoms with Gasteiger partial charge in [0, 0.05) is 18.3 Å². The fraction of sp³-hybridized carbons (Fsp3) is 0.667. The molecule has 1 aromatic heterocycles. The number of hydrogen-bond donors (Lipinski definition) is 3. The summed E-state index contributed by atoms with van der Waals surface area (Å²) < 4.78 is 7.24. The lowest BCUT2D eigenvalue weighted by Crippen LogP contribution is -2.46. The average molecular weight is 267 g/mol. The molecule has 104 valence electrons. The Kier molecular flexibility index (Phi) is 2.67. The number of aliphatic hydroxyl groups excluding tert-OH is 1. The maximum absolute atomic E-state index is 11.9. The van der Waals surface area contributed by atoms with Gasteiger partial charge in [-0.1, -0.05) is 6.92 Å². The lowest BCUT2D eigenvalue weighted by molar-refractivity contribution is -0.112. The molecule has 2 fully saturated rings. The molecule has 3 rings (SSSR count). The normalized spacial score (nSPS) is 36.9. The maximum atomic E-state index is 11.9. The first kappa shape index (κ1) is 12.6. The molecule has 0 amide bonds. The molecule has 7 heteroatoms. The van der Waals surface area contributed by atoms with Gasteiger partial charge < -0.3 is 15.2 Å². The van der Waals surface area contributed by atoms with Gasteiger partial charge in [-0.25, -0.2) is 4.79 Å². The monoisotopic (exact) mass is 267 g/mol. The Bertz CT molecular complexity index is 622. The topological polar surface area (TPSA) is 96.4 Å². The highest BCUT2D eigenvalue weighted by Crippen LogP contribution is 2.42. The van der Waals surface area contributed by atoms with Gasteiger partial charge in [-0.3, -0.25) is 14.3 Å². The highest BCUT2D eigenvalue weighted by Gasteiger charge is 2.59. The van der Waals surface area contributed by atoms with E-state index in [0.29, 0.717) is 18.5 Å². The summed E-state index contributed by atoms with van der Waals surface area (Å²) >= 11 is 0. The van der Waals surface area contributed by atoms with Crippen molar-refractivity contribution in [2.24, 2.45) is 0 Å². The van der Waals surface area contributed by atoms with Gasteiger partial charge in [0.1, 0.15) is 11.7 Å². The number of aryl methyl sites for hydroxylation is 1. The van der Waals surface area contributed by atoms with E-state index in [9.17, 15) is 14.7 Å². The van der Waals surface area contributed by atoms with Crippen LogP contribution in [-0.2, 0) is 4.74 Å². The van der Waals surface area contributed by atoms with Crippen molar-refractivity contribution in [2.45, 2.75) is 44.2 Å². The quantitative estimate of drug-likeness (QED) is 0.629. The summed E-state index contributed by atoms with van der Waals surface area (Å²) in [5, 5.41) is 13.4. The molecule has 2 aliphatic heterocycles. The Hall–Kier alpha value is -1.44. The second-order valence-corrected chi connectivity index (χ2v) is 5.26. The molecule has 2 saturated heterocycles. The number of ether oxygens (including phenoxy) is 1. The molecule has 1 aromatic rings. The summed E-state index contributed by atoms with van der Waals surface area (Å²) in [6.45, 7) is 4.14. The Morgan fingerprint density at radius 3 is 2.95 bits per heavy atom. The summed E-state index contributed by atoms with van der Waals surface area (Å²) in [6, 6.07) is -0.331. The van der Waals surface area contributed by atoms with Crippen LogP contribution in [0.3, 0.4) is 0 Å². The van der Waals surface area contributed by atoms with Gasteiger partial charge in [0.2, 0.25) is 0 Å². The number of morpholine rings is 1. The van der Waals surface area contributed by atoms with E-state index < -0.39 is 29.2 Å². The summed E-state index contributed by atoms with van der Waals surface area (Å²) in [7, 11) is 0. The molecular weight excluding hydrogens is 250 g/mol. The van der Waals surface area contributed by atoms with Crippen LogP contribution in [0.15, 0.2) is 15.8 Å². The minimum atomic E-state index is -0.651. The van der Waals surface area contributed by atoms with Gasteiger partial charge in [-0.05, 0) is 13.3 Å². The van der Waals surface area contributed by atoms with Crippen molar-refractivity contribution in [2.75, 3.05) is 6.54 Å². The van der Waals surface area contributed by atoms with Gasteiger partial charge in [-0.15, -0.1) is 0 Å².